The number of aromatic nitrogens is 2. The Bertz CT molecular complexity index is 467. The summed E-state index contributed by atoms with van der Waals surface area (Å²) in [5.74, 6) is -0.448. The maximum absolute atomic E-state index is 11.4. The number of carboxylic acids is 1. The van der Waals surface area contributed by atoms with E-state index in [4.69, 9.17) is 0 Å². The van der Waals surface area contributed by atoms with Crippen LogP contribution in [0.1, 0.15) is 32.4 Å². The predicted molar refractivity (Wildman–Crippen MR) is 77.5 cm³/mol. The van der Waals surface area contributed by atoms with E-state index in [0.29, 0.717) is 0 Å². The highest BCUT2D eigenvalue weighted by Crippen LogP contribution is 2.34. The number of carboxylic acid groups (broad SMARTS) is 1. The van der Waals surface area contributed by atoms with Crippen LogP contribution in [0.2, 0.25) is 0 Å². The third kappa shape index (κ3) is 3.20. The molecular formula is C15H25N3O2. The number of piperidine rings is 1. The summed E-state index contributed by atoms with van der Waals surface area (Å²) < 4.78 is 1.91. The van der Waals surface area contributed by atoms with Crippen molar-refractivity contribution in [2.24, 2.45) is 18.4 Å². The smallest absolute Gasteiger partial charge is 0.309 e. The van der Waals surface area contributed by atoms with Crippen molar-refractivity contribution in [1.29, 1.82) is 0 Å². The maximum atomic E-state index is 11.4. The molecule has 0 saturated carbocycles. The van der Waals surface area contributed by atoms with Crippen LogP contribution >= 0.6 is 0 Å². The Hall–Kier alpha value is -1.36. The van der Waals surface area contributed by atoms with Crippen LogP contribution in [0.25, 0.3) is 0 Å². The number of carbonyl (C=O) groups is 1. The Morgan fingerprint density at radius 2 is 2.30 bits per heavy atom. The minimum Gasteiger partial charge on any atom is -0.481 e. The van der Waals surface area contributed by atoms with Gasteiger partial charge in [-0.1, -0.05) is 0 Å². The zero-order valence-electron chi connectivity index (χ0n) is 12.7. The van der Waals surface area contributed by atoms with E-state index < -0.39 is 11.4 Å². The summed E-state index contributed by atoms with van der Waals surface area (Å²) in [6, 6.07) is 2.04. The van der Waals surface area contributed by atoms with Crippen LogP contribution in [-0.2, 0) is 18.3 Å². The monoisotopic (exact) mass is 279 g/mol. The van der Waals surface area contributed by atoms with Gasteiger partial charge in [-0.05, 0) is 45.2 Å². The fourth-order valence-corrected chi connectivity index (χ4v) is 2.94. The van der Waals surface area contributed by atoms with Gasteiger partial charge in [0.2, 0.25) is 0 Å². The van der Waals surface area contributed by atoms with E-state index in [-0.39, 0.29) is 5.92 Å². The summed E-state index contributed by atoms with van der Waals surface area (Å²) in [6.07, 6.45) is 4.90. The molecule has 5 heteroatoms. The van der Waals surface area contributed by atoms with Gasteiger partial charge >= 0.3 is 5.97 Å². The van der Waals surface area contributed by atoms with Crippen molar-refractivity contribution in [3.8, 4) is 0 Å². The topological polar surface area (TPSA) is 58.4 Å². The zero-order valence-corrected chi connectivity index (χ0v) is 12.7. The number of rotatable bonds is 5. The summed E-state index contributed by atoms with van der Waals surface area (Å²) in [4.78, 5) is 13.8. The fraction of sp³-hybridized carbons (Fsp3) is 0.733. The Balaban J connectivity index is 1.91. The summed E-state index contributed by atoms with van der Waals surface area (Å²) in [5.41, 5.74) is 0.593. The molecule has 0 radical (unpaired) electrons. The van der Waals surface area contributed by atoms with Gasteiger partial charge < -0.3 is 10.0 Å². The first-order valence-corrected chi connectivity index (χ1v) is 7.34. The average molecular weight is 279 g/mol. The van der Waals surface area contributed by atoms with Crippen molar-refractivity contribution in [3.05, 3.63) is 18.0 Å². The molecule has 1 atom stereocenters. The third-order valence-electron chi connectivity index (χ3n) is 4.68. The molecule has 0 aliphatic carbocycles. The second-order valence-electron chi connectivity index (χ2n) is 6.36. The van der Waals surface area contributed by atoms with E-state index in [1.54, 1.807) is 0 Å². The molecule has 0 bridgehead atoms. The molecule has 0 spiro atoms. The third-order valence-corrected chi connectivity index (χ3v) is 4.68. The lowest BCUT2D eigenvalue weighted by Gasteiger charge is -2.39. The van der Waals surface area contributed by atoms with Crippen molar-refractivity contribution in [3.63, 3.8) is 0 Å². The lowest BCUT2D eigenvalue weighted by molar-refractivity contribution is -0.151. The molecule has 1 aliphatic rings. The first-order valence-electron chi connectivity index (χ1n) is 7.34. The van der Waals surface area contributed by atoms with Gasteiger partial charge in [-0.3, -0.25) is 9.48 Å². The molecular weight excluding hydrogens is 254 g/mol. The Labute approximate surface area is 120 Å². The second kappa shape index (κ2) is 5.95. The molecule has 1 fully saturated rings. The van der Waals surface area contributed by atoms with E-state index in [1.165, 1.54) is 5.69 Å². The average Bonchev–Trinajstić information content (AvgIpc) is 2.82. The van der Waals surface area contributed by atoms with E-state index >= 15 is 0 Å². The van der Waals surface area contributed by atoms with Crippen LogP contribution in [0.3, 0.4) is 0 Å². The van der Waals surface area contributed by atoms with Crippen molar-refractivity contribution >= 4 is 5.97 Å². The van der Waals surface area contributed by atoms with E-state index in [2.05, 4.69) is 10.00 Å². The van der Waals surface area contributed by atoms with Gasteiger partial charge in [0.1, 0.15) is 0 Å². The Kier molecular flexibility index (Phi) is 4.48. The SMILES string of the molecule is Cn1nccc1CCN1CCCC(C(C)(C)C(=O)O)C1. The number of nitrogens with zero attached hydrogens (tertiary/aromatic N) is 3. The van der Waals surface area contributed by atoms with Gasteiger partial charge in [0.15, 0.2) is 0 Å². The first-order chi connectivity index (χ1) is 9.41. The van der Waals surface area contributed by atoms with Crippen molar-refractivity contribution < 1.29 is 9.90 Å². The summed E-state index contributed by atoms with van der Waals surface area (Å²) in [6.45, 7) is 6.64. The molecule has 0 amide bonds. The Morgan fingerprint density at radius 1 is 1.55 bits per heavy atom. The van der Waals surface area contributed by atoms with Gasteiger partial charge in [-0.2, -0.15) is 5.10 Å². The van der Waals surface area contributed by atoms with Crippen molar-refractivity contribution in [2.45, 2.75) is 33.1 Å². The maximum Gasteiger partial charge on any atom is 0.309 e. The highest BCUT2D eigenvalue weighted by Gasteiger charge is 2.38. The highest BCUT2D eigenvalue weighted by molar-refractivity contribution is 5.74. The molecule has 1 saturated heterocycles. The van der Waals surface area contributed by atoms with Gasteiger partial charge in [-0.15, -0.1) is 0 Å². The van der Waals surface area contributed by atoms with Crippen LogP contribution in [0.5, 0.6) is 0 Å². The molecule has 20 heavy (non-hydrogen) atoms. The first kappa shape index (κ1) is 15.0. The summed E-state index contributed by atoms with van der Waals surface area (Å²) in [5, 5.41) is 13.5. The van der Waals surface area contributed by atoms with Crippen molar-refractivity contribution in [1.82, 2.24) is 14.7 Å². The molecule has 1 N–H and O–H groups in total. The number of hydrogen-bond donors (Lipinski definition) is 1. The largest absolute Gasteiger partial charge is 0.481 e. The van der Waals surface area contributed by atoms with E-state index in [1.807, 2.05) is 37.8 Å². The van der Waals surface area contributed by atoms with Crippen molar-refractivity contribution in [2.75, 3.05) is 19.6 Å². The van der Waals surface area contributed by atoms with Gasteiger partial charge in [0, 0.05) is 38.4 Å². The minimum absolute atomic E-state index is 0.236. The quantitative estimate of drug-likeness (QED) is 0.892. The van der Waals surface area contributed by atoms with Crippen LogP contribution in [-0.4, -0.2) is 45.4 Å². The molecule has 0 aromatic carbocycles. The molecule has 5 nitrogen and oxygen atoms in total. The van der Waals surface area contributed by atoms with E-state index in [0.717, 1.165) is 38.9 Å². The highest BCUT2D eigenvalue weighted by atomic mass is 16.4. The van der Waals surface area contributed by atoms with Crippen LogP contribution in [0.4, 0.5) is 0 Å². The lowest BCUT2D eigenvalue weighted by Crippen LogP contribution is -2.45. The lowest BCUT2D eigenvalue weighted by atomic mass is 9.74. The number of likely N-dealkylation sites (tertiary alicyclic amines) is 1. The second-order valence-corrected chi connectivity index (χ2v) is 6.36. The van der Waals surface area contributed by atoms with Crippen LogP contribution in [0, 0.1) is 11.3 Å². The fourth-order valence-electron chi connectivity index (χ4n) is 2.94. The molecule has 112 valence electrons. The molecule has 2 heterocycles. The normalized spacial score (nSPS) is 21.1. The Morgan fingerprint density at radius 3 is 2.90 bits per heavy atom. The predicted octanol–water partition coefficient (Wildman–Crippen LogP) is 1.79. The van der Waals surface area contributed by atoms with Crippen LogP contribution in [0.15, 0.2) is 12.3 Å². The zero-order chi connectivity index (χ0) is 14.8. The number of aryl methyl sites for hydroxylation is 1. The van der Waals surface area contributed by atoms with Crippen LogP contribution < -0.4 is 0 Å². The molecule has 1 aliphatic heterocycles. The summed E-state index contributed by atoms with van der Waals surface area (Å²) >= 11 is 0. The van der Waals surface area contributed by atoms with Gasteiger partial charge in [0.05, 0.1) is 5.41 Å². The van der Waals surface area contributed by atoms with Gasteiger partial charge in [0.25, 0.3) is 0 Å². The molecule has 1 aromatic rings. The molecule has 1 unspecified atom stereocenters. The number of aliphatic carboxylic acids is 1. The van der Waals surface area contributed by atoms with Gasteiger partial charge in [-0.25, -0.2) is 0 Å². The summed E-state index contributed by atoms with van der Waals surface area (Å²) in [7, 11) is 1.96. The van der Waals surface area contributed by atoms with E-state index in [9.17, 15) is 9.90 Å². The standard InChI is InChI=1S/C15H25N3O2/c1-15(2,14(19)20)12-5-4-9-18(11-12)10-7-13-6-8-16-17(13)3/h6,8,12H,4-5,7,9-11H2,1-3H3,(H,19,20). The molecule has 2 rings (SSSR count). The number of hydrogen-bond acceptors (Lipinski definition) is 3. The molecule has 1 aromatic heterocycles. The minimum atomic E-state index is -0.684.